The van der Waals surface area contributed by atoms with Crippen molar-refractivity contribution in [2.24, 2.45) is 0 Å². The van der Waals surface area contributed by atoms with Gasteiger partial charge >= 0.3 is 11.6 Å². The fourth-order valence-corrected chi connectivity index (χ4v) is 1.98. The normalized spacial score (nSPS) is 10.7. The van der Waals surface area contributed by atoms with Crippen molar-refractivity contribution in [2.45, 2.75) is 5.66 Å². The molecule has 22 heavy (non-hydrogen) atoms. The van der Waals surface area contributed by atoms with Crippen molar-refractivity contribution in [1.82, 2.24) is 0 Å². The lowest BCUT2D eigenvalue weighted by Gasteiger charge is -2.16. The number of nitrogens with zero attached hydrogens (tertiary/aromatic N) is 2. The Hall–Kier alpha value is -3.29. The third-order valence-corrected chi connectivity index (χ3v) is 3.05. The van der Waals surface area contributed by atoms with E-state index in [1.165, 1.54) is 36.4 Å². The van der Waals surface area contributed by atoms with E-state index in [2.05, 4.69) is 5.32 Å². The zero-order valence-corrected chi connectivity index (χ0v) is 11.2. The van der Waals surface area contributed by atoms with E-state index < -0.39 is 21.4 Å². The van der Waals surface area contributed by atoms with Gasteiger partial charge in [0.2, 0.25) is 0 Å². The zero-order chi connectivity index (χ0) is 16.2. The van der Waals surface area contributed by atoms with Crippen molar-refractivity contribution < 1.29 is 14.6 Å². The van der Waals surface area contributed by atoms with Gasteiger partial charge in [0.05, 0.1) is 0 Å². The highest BCUT2D eigenvalue weighted by molar-refractivity contribution is 5.96. The molecule has 0 heterocycles. The van der Waals surface area contributed by atoms with Gasteiger partial charge in [-0.2, -0.15) is 0 Å². The molecule has 0 aliphatic heterocycles. The van der Waals surface area contributed by atoms with Crippen LogP contribution in [0, 0.1) is 20.2 Å². The molecule has 8 heteroatoms. The van der Waals surface area contributed by atoms with Gasteiger partial charge in [0.15, 0.2) is 0 Å². The summed E-state index contributed by atoms with van der Waals surface area (Å²) >= 11 is 0. The largest absolute Gasteiger partial charge is 0.561 e. The lowest BCUT2D eigenvalue weighted by Crippen LogP contribution is -2.53. The van der Waals surface area contributed by atoms with Gasteiger partial charge in [-0.05, 0) is 24.3 Å². The van der Waals surface area contributed by atoms with E-state index in [0.717, 1.165) is 0 Å². The Morgan fingerprint density at radius 3 is 1.77 bits per heavy atom. The number of carbonyl (C=O) groups excluding carboxylic acids is 1. The van der Waals surface area contributed by atoms with Crippen LogP contribution in [0.15, 0.2) is 60.7 Å². The molecule has 0 fully saturated rings. The van der Waals surface area contributed by atoms with Gasteiger partial charge in [-0.15, -0.1) is 0 Å². The molecule has 0 spiro atoms. The number of benzene rings is 2. The van der Waals surface area contributed by atoms with Crippen molar-refractivity contribution in [3.8, 4) is 0 Å². The highest BCUT2D eigenvalue weighted by Crippen LogP contribution is 2.27. The van der Waals surface area contributed by atoms with Gasteiger partial charge in [-0.25, -0.2) is 0 Å². The van der Waals surface area contributed by atoms with Crippen molar-refractivity contribution in [1.29, 1.82) is 0 Å². The van der Waals surface area contributed by atoms with E-state index in [9.17, 15) is 25.0 Å². The average molecular weight is 301 g/mol. The van der Waals surface area contributed by atoms with Crippen LogP contribution in [0.3, 0.4) is 0 Å². The Kier molecular flexibility index (Phi) is 4.12. The molecule has 0 saturated heterocycles. The first-order valence-corrected chi connectivity index (χ1v) is 6.20. The van der Waals surface area contributed by atoms with Gasteiger partial charge < -0.3 is 5.32 Å². The number of hydrogen-bond donors (Lipinski definition) is 1. The maximum Gasteiger partial charge on any atom is 0.561 e. The minimum absolute atomic E-state index is 0.233. The van der Waals surface area contributed by atoms with Crippen LogP contribution in [0.2, 0.25) is 0 Å². The van der Waals surface area contributed by atoms with E-state index in [1.807, 2.05) is 0 Å². The molecule has 0 aliphatic carbocycles. The molecular formula is C14H11N3O5. The number of nitro groups is 2. The average Bonchev–Trinajstić information content (AvgIpc) is 2.49. The smallest absolute Gasteiger partial charge is 0.313 e. The van der Waals surface area contributed by atoms with Crippen LogP contribution >= 0.6 is 0 Å². The molecule has 0 bridgehead atoms. The second-order valence-corrected chi connectivity index (χ2v) is 4.37. The topological polar surface area (TPSA) is 115 Å². The second-order valence-electron chi connectivity index (χ2n) is 4.37. The summed E-state index contributed by atoms with van der Waals surface area (Å²) < 4.78 is 0. The van der Waals surface area contributed by atoms with Crippen molar-refractivity contribution in [3.05, 3.63) is 86.5 Å². The summed E-state index contributed by atoms with van der Waals surface area (Å²) in [4.78, 5) is 32.7. The fraction of sp³-hybridized carbons (Fsp3) is 0.0714. The predicted octanol–water partition coefficient (Wildman–Crippen LogP) is 2.03. The fourth-order valence-electron chi connectivity index (χ4n) is 1.98. The number of rotatable bonds is 5. The lowest BCUT2D eigenvalue weighted by atomic mass is 9.99. The minimum atomic E-state index is -3.10. The Bertz CT molecular complexity index is 689. The Morgan fingerprint density at radius 2 is 1.32 bits per heavy atom. The van der Waals surface area contributed by atoms with Crippen molar-refractivity contribution in [3.63, 3.8) is 0 Å². The Labute approximate surface area is 124 Å². The molecule has 0 aromatic heterocycles. The van der Waals surface area contributed by atoms with Crippen LogP contribution in [0.4, 0.5) is 5.69 Å². The standard InChI is InChI=1S/C14H11N3O5/c18-13(15-12-9-5-2-6-10-12)14(16(19)20,17(21)22)11-7-3-1-4-8-11/h1-10H,(H,15,18). The molecule has 1 N–H and O–H groups in total. The van der Waals surface area contributed by atoms with Crippen LogP contribution in [-0.2, 0) is 10.5 Å². The van der Waals surface area contributed by atoms with Gasteiger partial charge in [-0.3, -0.25) is 25.0 Å². The molecule has 0 saturated carbocycles. The van der Waals surface area contributed by atoms with E-state index >= 15 is 0 Å². The highest BCUT2D eigenvalue weighted by atomic mass is 16.7. The molecule has 2 aromatic rings. The lowest BCUT2D eigenvalue weighted by molar-refractivity contribution is -0.788. The third-order valence-electron chi connectivity index (χ3n) is 3.05. The molecule has 0 unspecified atom stereocenters. The van der Waals surface area contributed by atoms with E-state index in [4.69, 9.17) is 0 Å². The number of para-hydroxylation sites is 1. The zero-order valence-electron chi connectivity index (χ0n) is 11.2. The van der Waals surface area contributed by atoms with Crippen LogP contribution in [0.25, 0.3) is 0 Å². The van der Waals surface area contributed by atoms with Crippen LogP contribution in [0.1, 0.15) is 5.56 Å². The Morgan fingerprint density at radius 1 is 0.864 bits per heavy atom. The number of nitrogens with one attached hydrogen (secondary N) is 1. The van der Waals surface area contributed by atoms with Gasteiger partial charge in [0.1, 0.15) is 15.4 Å². The van der Waals surface area contributed by atoms with Crippen molar-refractivity contribution in [2.75, 3.05) is 5.32 Å². The van der Waals surface area contributed by atoms with E-state index in [-0.39, 0.29) is 11.3 Å². The van der Waals surface area contributed by atoms with Crippen molar-refractivity contribution >= 4 is 11.6 Å². The van der Waals surface area contributed by atoms with Crippen LogP contribution in [0.5, 0.6) is 0 Å². The summed E-state index contributed by atoms with van der Waals surface area (Å²) in [6, 6.07) is 14.5. The molecule has 2 rings (SSSR count). The number of hydrogen-bond acceptors (Lipinski definition) is 5. The summed E-state index contributed by atoms with van der Waals surface area (Å²) in [5.41, 5.74) is -3.19. The Balaban J connectivity index is 2.51. The maximum absolute atomic E-state index is 12.3. The molecule has 2 aromatic carbocycles. The monoisotopic (exact) mass is 301 g/mol. The SMILES string of the molecule is O=C(Nc1ccccc1)C(c1ccccc1)([N+](=O)[O-])[N+](=O)[O-]. The quantitative estimate of drug-likeness (QED) is 0.515. The summed E-state index contributed by atoms with van der Waals surface area (Å²) in [7, 11) is 0. The third kappa shape index (κ3) is 2.49. The first-order chi connectivity index (χ1) is 10.5. The van der Waals surface area contributed by atoms with Crippen LogP contribution < -0.4 is 5.32 Å². The summed E-state index contributed by atoms with van der Waals surface area (Å²) in [6.45, 7) is 0. The molecule has 8 nitrogen and oxygen atoms in total. The minimum Gasteiger partial charge on any atom is -0.313 e. The maximum atomic E-state index is 12.3. The van der Waals surface area contributed by atoms with Gasteiger partial charge in [-0.1, -0.05) is 36.4 Å². The van der Waals surface area contributed by atoms with Gasteiger partial charge in [0.25, 0.3) is 0 Å². The van der Waals surface area contributed by atoms with E-state index in [0.29, 0.717) is 0 Å². The number of carbonyl (C=O) groups is 1. The molecule has 0 atom stereocenters. The molecular weight excluding hydrogens is 290 g/mol. The molecule has 1 amide bonds. The number of anilines is 1. The second kappa shape index (κ2) is 6.00. The summed E-state index contributed by atoms with van der Waals surface area (Å²) in [5.74, 6) is -1.33. The first-order valence-electron chi connectivity index (χ1n) is 6.20. The van der Waals surface area contributed by atoms with Crippen LogP contribution in [-0.4, -0.2) is 15.8 Å². The molecule has 0 aliphatic rings. The first kappa shape index (κ1) is 15.1. The molecule has 112 valence electrons. The van der Waals surface area contributed by atoms with E-state index in [1.54, 1.807) is 24.3 Å². The molecule has 0 radical (unpaired) electrons. The summed E-state index contributed by atoms with van der Waals surface area (Å²) in [5, 5.41) is 25.0. The number of amides is 1. The summed E-state index contributed by atoms with van der Waals surface area (Å²) in [6.07, 6.45) is 0. The highest BCUT2D eigenvalue weighted by Gasteiger charge is 2.66. The predicted molar refractivity (Wildman–Crippen MR) is 77.2 cm³/mol. The van der Waals surface area contributed by atoms with Gasteiger partial charge in [0, 0.05) is 5.69 Å².